The van der Waals surface area contributed by atoms with E-state index in [-0.39, 0.29) is 0 Å². The lowest BCUT2D eigenvalue weighted by Crippen LogP contribution is -2.44. The lowest BCUT2D eigenvalue weighted by atomic mass is 10.3. The molecule has 1 heterocycles. The van der Waals surface area contributed by atoms with E-state index in [0.717, 1.165) is 11.5 Å². The summed E-state index contributed by atoms with van der Waals surface area (Å²) < 4.78 is 5.33. The van der Waals surface area contributed by atoms with Gasteiger partial charge in [-0.25, -0.2) is 4.98 Å². The van der Waals surface area contributed by atoms with Crippen LogP contribution in [-0.2, 0) is 11.3 Å². The molecule has 1 aromatic rings. The van der Waals surface area contributed by atoms with Crippen molar-refractivity contribution in [2.75, 3.05) is 6.54 Å². The van der Waals surface area contributed by atoms with E-state index >= 15 is 0 Å². The second-order valence-electron chi connectivity index (χ2n) is 3.39. The molecule has 0 bridgehead atoms. The maximum atomic E-state index is 10.6. The van der Waals surface area contributed by atoms with Crippen LogP contribution in [0, 0.1) is 13.8 Å². The Hall–Kier alpha value is -1.40. The summed E-state index contributed by atoms with van der Waals surface area (Å²) in [4.78, 5) is 14.8. The van der Waals surface area contributed by atoms with E-state index in [1.54, 1.807) is 0 Å². The lowest BCUT2D eigenvalue weighted by molar-refractivity contribution is -0.119. The minimum atomic E-state index is -0.679. The average molecular weight is 212 g/mol. The lowest BCUT2D eigenvalue weighted by Gasteiger charge is -2.06. The molecule has 1 atom stereocenters. The molecule has 1 unspecified atom stereocenters. The van der Waals surface area contributed by atoms with Crippen LogP contribution in [0.15, 0.2) is 4.42 Å². The summed E-state index contributed by atoms with van der Waals surface area (Å²) in [7, 11) is 0. The Balaban J connectivity index is 2.35. The predicted molar refractivity (Wildman–Crippen MR) is 54.9 cm³/mol. The number of nitrogens with zero attached hydrogens (tertiary/aromatic N) is 1. The molecule has 0 aliphatic rings. The number of carbonyl (C=O) groups excluding carboxylic acids is 1. The van der Waals surface area contributed by atoms with Gasteiger partial charge in [0.25, 0.3) is 0 Å². The molecular weight excluding hydrogens is 196 g/mol. The van der Waals surface area contributed by atoms with Crippen LogP contribution in [0.3, 0.4) is 0 Å². The number of aromatic nitrogens is 1. The topological polar surface area (TPSA) is 107 Å². The minimum absolute atomic E-state index is 0.315. The number of rotatable bonds is 5. The van der Waals surface area contributed by atoms with Gasteiger partial charge in [-0.05, 0) is 13.8 Å². The summed E-state index contributed by atoms with van der Waals surface area (Å²) in [6.45, 7) is 4.48. The maximum absolute atomic E-state index is 10.6. The largest absolute Gasteiger partial charge is 0.444 e. The van der Waals surface area contributed by atoms with Crippen molar-refractivity contribution in [1.29, 1.82) is 0 Å². The Morgan fingerprint density at radius 2 is 2.27 bits per heavy atom. The highest BCUT2D eigenvalue weighted by atomic mass is 16.4. The summed E-state index contributed by atoms with van der Waals surface area (Å²) in [5.41, 5.74) is 11.3. The summed E-state index contributed by atoms with van der Waals surface area (Å²) in [5.74, 6) is 0.856. The van der Waals surface area contributed by atoms with Crippen LogP contribution in [0.4, 0.5) is 0 Å². The highest BCUT2D eigenvalue weighted by Gasteiger charge is 2.09. The fraction of sp³-hybridized carbons (Fsp3) is 0.556. The number of nitrogens with one attached hydrogen (secondary N) is 1. The smallest absolute Gasteiger partial charge is 0.235 e. The molecule has 15 heavy (non-hydrogen) atoms. The highest BCUT2D eigenvalue weighted by molar-refractivity contribution is 5.79. The zero-order chi connectivity index (χ0) is 11.4. The van der Waals surface area contributed by atoms with Crippen molar-refractivity contribution < 1.29 is 9.21 Å². The molecule has 1 rings (SSSR count). The molecule has 0 fully saturated rings. The fourth-order valence-electron chi connectivity index (χ4n) is 1.05. The standard InChI is InChI=1S/C9H16N4O2/c1-5-6(2)15-8(13-5)4-12-3-7(10)9(11)14/h7,12H,3-4,10H2,1-2H3,(H2,11,14). The third kappa shape index (κ3) is 3.34. The summed E-state index contributed by atoms with van der Waals surface area (Å²) in [5, 5.41) is 2.94. The number of primary amides is 1. The molecule has 1 amide bonds. The Morgan fingerprint density at radius 3 is 2.73 bits per heavy atom. The molecule has 6 nitrogen and oxygen atoms in total. The second kappa shape index (κ2) is 4.90. The SMILES string of the molecule is Cc1nc(CNCC(N)C(N)=O)oc1C. The molecule has 0 aliphatic heterocycles. The van der Waals surface area contributed by atoms with Gasteiger partial charge in [0.1, 0.15) is 5.76 Å². The van der Waals surface area contributed by atoms with Crippen molar-refractivity contribution in [2.24, 2.45) is 11.5 Å². The number of aryl methyl sites for hydroxylation is 2. The first-order valence-corrected chi connectivity index (χ1v) is 4.69. The molecule has 1 aromatic heterocycles. The summed E-state index contributed by atoms with van der Waals surface area (Å²) >= 11 is 0. The van der Waals surface area contributed by atoms with Crippen LogP contribution >= 0.6 is 0 Å². The van der Waals surface area contributed by atoms with Gasteiger partial charge in [-0.1, -0.05) is 0 Å². The van der Waals surface area contributed by atoms with Crippen molar-refractivity contribution in [3.05, 3.63) is 17.3 Å². The Kier molecular flexibility index (Phi) is 3.81. The Morgan fingerprint density at radius 1 is 1.60 bits per heavy atom. The second-order valence-corrected chi connectivity index (χ2v) is 3.39. The number of nitrogens with two attached hydrogens (primary N) is 2. The number of carbonyl (C=O) groups is 1. The average Bonchev–Trinajstić information content (AvgIpc) is 2.46. The quantitative estimate of drug-likeness (QED) is 0.592. The third-order valence-electron chi connectivity index (χ3n) is 2.08. The zero-order valence-corrected chi connectivity index (χ0v) is 8.91. The Bertz CT molecular complexity index is 328. The van der Waals surface area contributed by atoms with Crippen molar-refractivity contribution in [3.63, 3.8) is 0 Å². The molecule has 0 aliphatic carbocycles. The van der Waals surface area contributed by atoms with Gasteiger partial charge in [0.05, 0.1) is 18.3 Å². The van der Waals surface area contributed by atoms with Crippen molar-refractivity contribution >= 4 is 5.91 Å². The molecule has 84 valence electrons. The molecule has 5 N–H and O–H groups in total. The number of hydrogen-bond acceptors (Lipinski definition) is 5. The maximum Gasteiger partial charge on any atom is 0.235 e. The molecule has 0 radical (unpaired) electrons. The van der Waals surface area contributed by atoms with E-state index in [0.29, 0.717) is 19.0 Å². The Labute approximate surface area is 88.0 Å². The predicted octanol–water partition coefficient (Wildman–Crippen LogP) is -0.806. The monoisotopic (exact) mass is 212 g/mol. The zero-order valence-electron chi connectivity index (χ0n) is 8.91. The normalized spacial score (nSPS) is 12.7. The fourth-order valence-corrected chi connectivity index (χ4v) is 1.05. The van der Waals surface area contributed by atoms with Gasteiger partial charge in [-0.3, -0.25) is 4.79 Å². The highest BCUT2D eigenvalue weighted by Crippen LogP contribution is 2.07. The van der Waals surface area contributed by atoms with Crippen LogP contribution < -0.4 is 16.8 Å². The number of oxazole rings is 1. The van der Waals surface area contributed by atoms with Gasteiger partial charge < -0.3 is 21.2 Å². The molecule has 6 heteroatoms. The molecule has 0 saturated heterocycles. The van der Waals surface area contributed by atoms with Crippen molar-refractivity contribution in [2.45, 2.75) is 26.4 Å². The van der Waals surface area contributed by atoms with Gasteiger partial charge in [0.15, 0.2) is 0 Å². The van der Waals surface area contributed by atoms with E-state index < -0.39 is 11.9 Å². The minimum Gasteiger partial charge on any atom is -0.444 e. The van der Waals surface area contributed by atoms with Crippen LogP contribution in [-0.4, -0.2) is 23.5 Å². The van der Waals surface area contributed by atoms with Crippen LogP contribution in [0.5, 0.6) is 0 Å². The number of hydrogen-bond donors (Lipinski definition) is 3. The van der Waals surface area contributed by atoms with E-state index in [2.05, 4.69) is 10.3 Å². The van der Waals surface area contributed by atoms with Gasteiger partial charge >= 0.3 is 0 Å². The van der Waals surface area contributed by atoms with E-state index in [4.69, 9.17) is 15.9 Å². The van der Waals surface area contributed by atoms with Crippen molar-refractivity contribution in [1.82, 2.24) is 10.3 Å². The third-order valence-corrected chi connectivity index (χ3v) is 2.08. The van der Waals surface area contributed by atoms with Gasteiger partial charge in [-0.15, -0.1) is 0 Å². The first-order chi connectivity index (χ1) is 7.00. The van der Waals surface area contributed by atoms with Crippen LogP contribution in [0.25, 0.3) is 0 Å². The van der Waals surface area contributed by atoms with Crippen LogP contribution in [0.1, 0.15) is 17.3 Å². The molecule has 0 spiro atoms. The summed E-state index contributed by atoms with van der Waals surface area (Å²) in [6.07, 6.45) is 0. The van der Waals surface area contributed by atoms with Gasteiger partial charge in [0.2, 0.25) is 11.8 Å². The van der Waals surface area contributed by atoms with Gasteiger partial charge in [-0.2, -0.15) is 0 Å². The first kappa shape index (κ1) is 11.7. The van der Waals surface area contributed by atoms with Crippen molar-refractivity contribution in [3.8, 4) is 0 Å². The van der Waals surface area contributed by atoms with Gasteiger partial charge in [0, 0.05) is 6.54 Å². The van der Waals surface area contributed by atoms with E-state index in [1.165, 1.54) is 0 Å². The first-order valence-electron chi connectivity index (χ1n) is 4.69. The number of amides is 1. The molecule has 0 aromatic carbocycles. The van der Waals surface area contributed by atoms with E-state index in [1.807, 2.05) is 13.8 Å². The van der Waals surface area contributed by atoms with Crippen LogP contribution in [0.2, 0.25) is 0 Å². The summed E-state index contributed by atoms with van der Waals surface area (Å²) in [6, 6.07) is -0.679. The molecule has 0 saturated carbocycles. The molecular formula is C9H16N4O2. The van der Waals surface area contributed by atoms with E-state index in [9.17, 15) is 4.79 Å².